The highest BCUT2D eigenvalue weighted by Crippen LogP contribution is 2.20. The van der Waals surface area contributed by atoms with Crippen molar-refractivity contribution >= 4 is 29.2 Å². The van der Waals surface area contributed by atoms with Crippen LogP contribution in [0.2, 0.25) is 5.02 Å². The number of esters is 1. The maximum absolute atomic E-state index is 13.0. The topological polar surface area (TPSA) is 55.4 Å². The second kappa shape index (κ2) is 8.45. The Morgan fingerprint density at radius 2 is 1.92 bits per heavy atom. The Balaban J connectivity index is 1.78. The molecule has 2 rings (SSSR count). The molecule has 0 saturated heterocycles. The molecule has 126 valence electrons. The lowest BCUT2D eigenvalue weighted by atomic mass is 9.98. The highest BCUT2D eigenvalue weighted by atomic mass is 35.5. The Kier molecular flexibility index (Phi) is 6.32. The van der Waals surface area contributed by atoms with Crippen LogP contribution in [0.1, 0.15) is 24.8 Å². The lowest BCUT2D eigenvalue weighted by Gasteiger charge is -2.11. The molecule has 0 bridgehead atoms. The minimum Gasteiger partial charge on any atom is -0.456 e. The van der Waals surface area contributed by atoms with E-state index >= 15 is 0 Å². The molecule has 0 radical (unpaired) electrons. The third kappa shape index (κ3) is 5.35. The van der Waals surface area contributed by atoms with Crippen LogP contribution < -0.4 is 5.32 Å². The average Bonchev–Trinajstić information content (AvgIpc) is 2.57. The van der Waals surface area contributed by atoms with Gasteiger partial charge in [0, 0.05) is 5.69 Å². The summed E-state index contributed by atoms with van der Waals surface area (Å²) in [5.41, 5.74) is 1.36. The predicted octanol–water partition coefficient (Wildman–Crippen LogP) is 4.15. The summed E-state index contributed by atoms with van der Waals surface area (Å²) in [6.45, 7) is 1.51. The molecule has 1 N–H and O–H groups in total. The SMILES string of the molecule is C[C@H](CC(=O)OCC(=O)Nc1ccc(F)c(Cl)c1)c1ccccc1. The van der Waals surface area contributed by atoms with Crippen LogP contribution in [0.5, 0.6) is 0 Å². The molecule has 2 aromatic rings. The van der Waals surface area contributed by atoms with Crippen LogP contribution in [0.25, 0.3) is 0 Å². The molecule has 0 saturated carbocycles. The van der Waals surface area contributed by atoms with Gasteiger partial charge in [0.2, 0.25) is 0 Å². The zero-order valence-corrected chi connectivity index (χ0v) is 13.8. The summed E-state index contributed by atoms with van der Waals surface area (Å²) in [6.07, 6.45) is 0.180. The van der Waals surface area contributed by atoms with Gasteiger partial charge >= 0.3 is 5.97 Å². The predicted molar refractivity (Wildman–Crippen MR) is 90.5 cm³/mol. The summed E-state index contributed by atoms with van der Waals surface area (Å²) < 4.78 is 18.0. The Bertz CT molecular complexity index is 721. The normalized spacial score (nSPS) is 11.6. The van der Waals surface area contributed by atoms with Gasteiger partial charge in [0.25, 0.3) is 5.91 Å². The fourth-order valence-electron chi connectivity index (χ4n) is 2.13. The van der Waals surface area contributed by atoms with Crippen LogP contribution in [-0.2, 0) is 14.3 Å². The molecule has 0 unspecified atom stereocenters. The first kappa shape index (κ1) is 17.9. The fourth-order valence-corrected chi connectivity index (χ4v) is 2.31. The molecule has 4 nitrogen and oxygen atoms in total. The number of carbonyl (C=O) groups excluding carboxylic acids is 2. The number of amides is 1. The maximum atomic E-state index is 13.0. The van der Waals surface area contributed by atoms with Crippen molar-refractivity contribution in [2.75, 3.05) is 11.9 Å². The van der Waals surface area contributed by atoms with Crippen molar-refractivity contribution < 1.29 is 18.7 Å². The van der Waals surface area contributed by atoms with E-state index in [1.165, 1.54) is 12.1 Å². The molecule has 6 heteroatoms. The summed E-state index contributed by atoms with van der Waals surface area (Å²) in [5.74, 6) is -1.55. The largest absolute Gasteiger partial charge is 0.456 e. The molecule has 0 spiro atoms. The standard InChI is InChI=1S/C18H17ClFNO3/c1-12(13-5-3-2-4-6-13)9-18(23)24-11-17(22)21-14-7-8-16(20)15(19)10-14/h2-8,10,12H,9,11H2,1H3,(H,21,22)/t12-/m1/s1. The number of hydrogen-bond acceptors (Lipinski definition) is 3. The Morgan fingerprint density at radius 1 is 1.21 bits per heavy atom. The highest BCUT2D eigenvalue weighted by Gasteiger charge is 2.14. The number of rotatable bonds is 6. The molecule has 0 fully saturated rings. The quantitative estimate of drug-likeness (QED) is 0.797. The summed E-state index contributed by atoms with van der Waals surface area (Å²) in [7, 11) is 0. The van der Waals surface area contributed by atoms with Crippen molar-refractivity contribution in [3.8, 4) is 0 Å². The summed E-state index contributed by atoms with van der Waals surface area (Å²) >= 11 is 5.63. The number of ether oxygens (including phenoxy) is 1. The van der Waals surface area contributed by atoms with Crippen LogP contribution >= 0.6 is 11.6 Å². The maximum Gasteiger partial charge on any atom is 0.306 e. The van der Waals surface area contributed by atoms with Crippen LogP contribution in [0, 0.1) is 5.82 Å². The Morgan fingerprint density at radius 3 is 2.58 bits per heavy atom. The molecule has 0 aliphatic carbocycles. The number of hydrogen-bond donors (Lipinski definition) is 1. The van der Waals surface area contributed by atoms with E-state index in [-0.39, 0.29) is 17.4 Å². The van der Waals surface area contributed by atoms with Gasteiger partial charge in [-0.1, -0.05) is 48.9 Å². The van der Waals surface area contributed by atoms with E-state index in [1.54, 1.807) is 0 Å². The highest BCUT2D eigenvalue weighted by molar-refractivity contribution is 6.31. The third-order valence-electron chi connectivity index (χ3n) is 3.41. The van der Waals surface area contributed by atoms with Crippen molar-refractivity contribution in [2.24, 2.45) is 0 Å². The van der Waals surface area contributed by atoms with Gasteiger partial charge in [-0.15, -0.1) is 0 Å². The minimum atomic E-state index is -0.573. The van der Waals surface area contributed by atoms with Gasteiger partial charge in [-0.2, -0.15) is 0 Å². The zero-order chi connectivity index (χ0) is 17.5. The summed E-state index contributed by atoms with van der Waals surface area (Å²) in [5, 5.41) is 2.39. The molecule has 0 heterocycles. The van der Waals surface area contributed by atoms with Gasteiger partial charge < -0.3 is 10.1 Å². The van der Waals surface area contributed by atoms with Crippen molar-refractivity contribution in [1.82, 2.24) is 0 Å². The molecular formula is C18H17ClFNO3. The van der Waals surface area contributed by atoms with E-state index in [0.717, 1.165) is 11.6 Å². The van der Waals surface area contributed by atoms with E-state index < -0.39 is 24.3 Å². The lowest BCUT2D eigenvalue weighted by molar-refractivity contribution is -0.147. The number of carbonyl (C=O) groups is 2. The van der Waals surface area contributed by atoms with E-state index in [2.05, 4.69) is 5.32 Å². The van der Waals surface area contributed by atoms with Crippen molar-refractivity contribution in [3.63, 3.8) is 0 Å². The summed E-state index contributed by atoms with van der Waals surface area (Å²) in [6, 6.07) is 13.4. The molecule has 1 atom stereocenters. The second-order valence-electron chi connectivity index (χ2n) is 5.35. The average molecular weight is 350 g/mol. The minimum absolute atomic E-state index is 0.00216. The van der Waals surface area contributed by atoms with Crippen LogP contribution in [0.4, 0.5) is 10.1 Å². The van der Waals surface area contributed by atoms with Gasteiger partial charge in [-0.05, 0) is 29.7 Å². The molecule has 0 aromatic heterocycles. The van der Waals surface area contributed by atoms with Gasteiger partial charge in [0.05, 0.1) is 11.4 Å². The first-order chi connectivity index (χ1) is 11.5. The van der Waals surface area contributed by atoms with Crippen LogP contribution in [-0.4, -0.2) is 18.5 Å². The Labute approximate surface area is 144 Å². The van der Waals surface area contributed by atoms with Gasteiger partial charge in [-0.25, -0.2) is 4.39 Å². The molecule has 1 amide bonds. The van der Waals surface area contributed by atoms with Crippen molar-refractivity contribution in [2.45, 2.75) is 19.3 Å². The lowest BCUT2D eigenvalue weighted by Crippen LogP contribution is -2.21. The number of halogens is 2. The van der Waals surface area contributed by atoms with E-state index in [1.807, 2.05) is 37.3 Å². The van der Waals surface area contributed by atoms with Gasteiger partial charge in [0.15, 0.2) is 6.61 Å². The first-order valence-corrected chi connectivity index (χ1v) is 7.79. The molecule has 24 heavy (non-hydrogen) atoms. The van der Waals surface area contributed by atoms with E-state index in [9.17, 15) is 14.0 Å². The van der Waals surface area contributed by atoms with Crippen molar-refractivity contribution in [3.05, 3.63) is 64.9 Å². The number of benzene rings is 2. The van der Waals surface area contributed by atoms with E-state index in [4.69, 9.17) is 16.3 Å². The van der Waals surface area contributed by atoms with Crippen LogP contribution in [0.15, 0.2) is 48.5 Å². The third-order valence-corrected chi connectivity index (χ3v) is 3.70. The fraction of sp³-hybridized carbons (Fsp3) is 0.222. The van der Waals surface area contributed by atoms with Crippen molar-refractivity contribution in [1.29, 1.82) is 0 Å². The van der Waals surface area contributed by atoms with Crippen LogP contribution in [0.3, 0.4) is 0 Å². The Hall–Kier alpha value is -2.40. The summed E-state index contributed by atoms with van der Waals surface area (Å²) in [4.78, 5) is 23.6. The molecule has 2 aromatic carbocycles. The molecule has 0 aliphatic heterocycles. The molecular weight excluding hydrogens is 333 g/mol. The zero-order valence-electron chi connectivity index (χ0n) is 13.1. The smallest absolute Gasteiger partial charge is 0.306 e. The second-order valence-corrected chi connectivity index (χ2v) is 5.76. The monoisotopic (exact) mass is 349 g/mol. The number of nitrogens with one attached hydrogen (secondary N) is 1. The first-order valence-electron chi connectivity index (χ1n) is 7.41. The molecule has 0 aliphatic rings. The van der Waals surface area contributed by atoms with E-state index in [0.29, 0.717) is 5.69 Å². The number of anilines is 1. The van der Waals surface area contributed by atoms with Gasteiger partial charge in [0.1, 0.15) is 5.82 Å². The van der Waals surface area contributed by atoms with Gasteiger partial charge in [-0.3, -0.25) is 9.59 Å².